The van der Waals surface area contributed by atoms with Gasteiger partial charge in [-0.1, -0.05) is 19.6 Å². The van der Waals surface area contributed by atoms with Gasteiger partial charge in [0.15, 0.2) is 0 Å². The van der Waals surface area contributed by atoms with E-state index in [4.69, 9.17) is 4.43 Å². The van der Waals surface area contributed by atoms with E-state index in [1.165, 1.54) is 25.0 Å². The molecule has 0 aliphatic heterocycles. The summed E-state index contributed by atoms with van der Waals surface area (Å²) in [5.74, 6) is 1.30. The second-order valence-corrected chi connectivity index (χ2v) is 16.6. The zero-order chi connectivity index (χ0) is 11.7. The lowest BCUT2D eigenvalue weighted by molar-refractivity contribution is 0.379. The third kappa shape index (κ3) is 4.55. The quantitative estimate of drug-likeness (QED) is 0.657. The summed E-state index contributed by atoms with van der Waals surface area (Å²) in [6.45, 7) is 14.2. The molecule has 1 rings (SSSR count). The highest BCUT2D eigenvalue weighted by atomic mass is 28.4. The van der Waals surface area contributed by atoms with E-state index in [0.29, 0.717) is 0 Å². The Morgan fingerprint density at radius 1 is 1.13 bits per heavy atom. The molecule has 3 heteroatoms. The van der Waals surface area contributed by atoms with Gasteiger partial charge < -0.3 is 4.43 Å². The Hall–Kier alpha value is -0.0262. The molecule has 0 aromatic heterocycles. The highest BCUT2D eigenvalue weighted by Crippen LogP contribution is 2.36. The molecule has 1 aliphatic carbocycles. The lowest BCUT2D eigenvalue weighted by atomic mass is 10.1. The molecule has 1 nitrogen and oxygen atoms in total. The molecule has 1 atom stereocenters. The zero-order valence-corrected chi connectivity index (χ0v) is 13.2. The van der Waals surface area contributed by atoms with Crippen LogP contribution in [0.25, 0.3) is 0 Å². The topological polar surface area (TPSA) is 9.23 Å². The highest BCUT2D eigenvalue weighted by molar-refractivity contribution is 6.78. The van der Waals surface area contributed by atoms with Gasteiger partial charge in [0.2, 0.25) is 8.32 Å². The molecule has 1 aliphatic rings. The molecule has 0 radical (unpaired) electrons. The molecule has 0 amide bonds. The molecule has 0 spiro atoms. The van der Waals surface area contributed by atoms with Crippen molar-refractivity contribution in [2.75, 3.05) is 0 Å². The van der Waals surface area contributed by atoms with E-state index in [0.717, 1.165) is 5.54 Å². The van der Waals surface area contributed by atoms with Crippen molar-refractivity contribution in [2.45, 2.75) is 64.1 Å². The lowest BCUT2D eigenvalue weighted by Gasteiger charge is -2.32. The van der Waals surface area contributed by atoms with E-state index in [9.17, 15) is 0 Å². The molecule has 0 N–H and O–H groups in total. The van der Waals surface area contributed by atoms with Gasteiger partial charge in [-0.2, -0.15) is 0 Å². The van der Waals surface area contributed by atoms with Gasteiger partial charge in [-0.15, -0.1) is 0 Å². The smallest absolute Gasteiger partial charge is 0.241 e. The van der Waals surface area contributed by atoms with Crippen molar-refractivity contribution >= 4 is 16.4 Å². The normalized spacial score (nSPS) is 23.6. The second kappa shape index (κ2) is 4.46. The standard InChI is InChI=1S/C12H26OSi2/c1-14(2,3)12-9-7-8-11(10-12)13-15(4,5)6/h10,12H,7-9H2,1-6H3. The maximum atomic E-state index is 6.13. The van der Waals surface area contributed by atoms with Crippen molar-refractivity contribution in [1.82, 2.24) is 0 Å². The largest absolute Gasteiger partial charge is 0.548 e. The average Bonchev–Trinajstić information content (AvgIpc) is 1.99. The lowest BCUT2D eigenvalue weighted by Crippen LogP contribution is -2.31. The Morgan fingerprint density at radius 3 is 2.20 bits per heavy atom. The van der Waals surface area contributed by atoms with Crippen LogP contribution in [0.15, 0.2) is 11.8 Å². The van der Waals surface area contributed by atoms with Gasteiger partial charge in [0.1, 0.15) is 0 Å². The Balaban J connectivity index is 2.70. The summed E-state index contributed by atoms with van der Waals surface area (Å²) in [5.41, 5.74) is 0.831. The van der Waals surface area contributed by atoms with Crippen LogP contribution in [0.4, 0.5) is 0 Å². The number of hydrogen-bond acceptors (Lipinski definition) is 1. The summed E-state index contributed by atoms with van der Waals surface area (Å²) in [6, 6.07) is 0. The van der Waals surface area contributed by atoms with Crippen molar-refractivity contribution in [3.63, 3.8) is 0 Å². The van der Waals surface area contributed by atoms with Gasteiger partial charge in [-0.25, -0.2) is 0 Å². The molecule has 15 heavy (non-hydrogen) atoms. The van der Waals surface area contributed by atoms with E-state index in [1.54, 1.807) is 0 Å². The SMILES string of the molecule is C[Si](C)(C)OC1=CC([Si](C)(C)C)CCC1. The molecular formula is C12H26OSi2. The maximum Gasteiger partial charge on any atom is 0.241 e. The summed E-state index contributed by atoms with van der Waals surface area (Å²) in [5, 5.41) is 0. The Kier molecular flexibility index (Phi) is 3.87. The first-order chi connectivity index (χ1) is 6.68. The number of hydrogen-bond donors (Lipinski definition) is 0. The molecular weight excluding hydrogens is 216 g/mol. The van der Waals surface area contributed by atoms with Crippen LogP contribution in [0.5, 0.6) is 0 Å². The van der Waals surface area contributed by atoms with Crippen LogP contribution < -0.4 is 0 Å². The fourth-order valence-corrected chi connectivity index (χ4v) is 4.76. The van der Waals surface area contributed by atoms with Crippen molar-refractivity contribution in [1.29, 1.82) is 0 Å². The number of rotatable bonds is 3. The molecule has 0 saturated heterocycles. The Labute approximate surface area is 97.1 Å². The van der Waals surface area contributed by atoms with Gasteiger partial charge in [0, 0.05) is 6.42 Å². The van der Waals surface area contributed by atoms with Gasteiger partial charge in [-0.3, -0.25) is 0 Å². The van der Waals surface area contributed by atoms with Crippen LogP contribution in [0.1, 0.15) is 19.3 Å². The van der Waals surface area contributed by atoms with Crippen LogP contribution in [-0.2, 0) is 4.43 Å². The first-order valence-electron chi connectivity index (χ1n) is 6.08. The Bertz CT molecular complexity index is 245. The van der Waals surface area contributed by atoms with E-state index in [-0.39, 0.29) is 0 Å². The van der Waals surface area contributed by atoms with Crippen LogP contribution in [0, 0.1) is 0 Å². The van der Waals surface area contributed by atoms with Crippen molar-refractivity contribution < 1.29 is 4.43 Å². The summed E-state index contributed by atoms with van der Waals surface area (Å²) in [7, 11) is -2.40. The highest BCUT2D eigenvalue weighted by Gasteiger charge is 2.29. The van der Waals surface area contributed by atoms with Gasteiger partial charge >= 0.3 is 0 Å². The van der Waals surface area contributed by atoms with Gasteiger partial charge in [-0.05, 0) is 44.1 Å². The summed E-state index contributed by atoms with van der Waals surface area (Å²) >= 11 is 0. The van der Waals surface area contributed by atoms with E-state index in [1.807, 2.05) is 0 Å². The molecule has 1 unspecified atom stereocenters. The molecule has 0 bridgehead atoms. The van der Waals surface area contributed by atoms with Gasteiger partial charge in [0.05, 0.1) is 13.8 Å². The summed E-state index contributed by atoms with van der Waals surface area (Å²) in [4.78, 5) is 0. The van der Waals surface area contributed by atoms with E-state index < -0.39 is 16.4 Å². The third-order valence-corrected chi connectivity index (χ3v) is 6.43. The minimum atomic E-state index is -1.39. The molecule has 88 valence electrons. The predicted molar refractivity (Wildman–Crippen MR) is 73.5 cm³/mol. The molecule has 0 heterocycles. The predicted octanol–water partition coefficient (Wildman–Crippen LogP) is 4.61. The average molecular weight is 243 g/mol. The van der Waals surface area contributed by atoms with Gasteiger partial charge in [0.25, 0.3) is 0 Å². The summed E-state index contributed by atoms with van der Waals surface area (Å²) in [6.07, 6.45) is 6.33. The number of allylic oxidation sites excluding steroid dienone is 2. The minimum Gasteiger partial charge on any atom is -0.548 e. The molecule has 0 aromatic rings. The first kappa shape index (κ1) is 13.0. The molecule has 0 saturated carbocycles. The fraction of sp³-hybridized carbons (Fsp3) is 0.833. The van der Waals surface area contributed by atoms with Crippen LogP contribution in [-0.4, -0.2) is 16.4 Å². The molecule has 0 aromatic carbocycles. The van der Waals surface area contributed by atoms with Crippen LogP contribution in [0.3, 0.4) is 0 Å². The summed E-state index contributed by atoms with van der Waals surface area (Å²) < 4.78 is 6.13. The maximum absolute atomic E-state index is 6.13. The Morgan fingerprint density at radius 2 is 1.73 bits per heavy atom. The first-order valence-corrected chi connectivity index (χ1v) is 13.1. The van der Waals surface area contributed by atoms with E-state index >= 15 is 0 Å². The second-order valence-electron chi connectivity index (χ2n) is 6.71. The fourth-order valence-electron chi connectivity index (χ4n) is 2.05. The minimum absolute atomic E-state index is 0.831. The van der Waals surface area contributed by atoms with Crippen LogP contribution in [0.2, 0.25) is 44.8 Å². The van der Waals surface area contributed by atoms with Crippen LogP contribution >= 0.6 is 0 Å². The monoisotopic (exact) mass is 242 g/mol. The van der Waals surface area contributed by atoms with E-state index in [2.05, 4.69) is 45.4 Å². The molecule has 0 fully saturated rings. The zero-order valence-electron chi connectivity index (χ0n) is 11.2. The van der Waals surface area contributed by atoms with Crippen molar-refractivity contribution in [3.05, 3.63) is 11.8 Å². The van der Waals surface area contributed by atoms with Crippen molar-refractivity contribution in [2.24, 2.45) is 0 Å². The third-order valence-electron chi connectivity index (χ3n) is 2.88. The van der Waals surface area contributed by atoms with Crippen molar-refractivity contribution in [3.8, 4) is 0 Å².